The van der Waals surface area contributed by atoms with Gasteiger partial charge >= 0.3 is 5.97 Å². The molecule has 328 valence electrons. The lowest BCUT2D eigenvalue weighted by Gasteiger charge is -2.43. The fourth-order valence-electron chi connectivity index (χ4n) is 10.9. The Morgan fingerprint density at radius 2 is 1.85 bits per heavy atom. The van der Waals surface area contributed by atoms with E-state index in [9.17, 15) is 25.2 Å². The average molecular weight is 828 g/mol. The van der Waals surface area contributed by atoms with Gasteiger partial charge in [-0.2, -0.15) is 0 Å². The zero-order valence-corrected chi connectivity index (χ0v) is 35.8. The zero-order chi connectivity index (χ0) is 42.3. The Bertz CT molecular complexity index is 1890. The standard InChI is InChI=1S/C48H69N5O7/c1-32(55)46-18-11-36-10-7-17-48(31-50-20-13-34-8-6-9-35(22-34)27-47(15-4-3-5-16-47)53-45(49)51-30-46)28-40(14-21-52-48)60-44-25-37(38(29-54)24-42(44)58)23-41(36)43(59-33(2)56)26-39(57)12-19-46/h6,8-9,22,24-25,32,36,39-41,43,50,52,54-55,57-58H,3-5,7,10,12-17,19-21,23,26-31H2,1-2H3,(H3,49,51,53)/t32-,36-,39-,40+,41+,43-,46-,48+/m0/s1. The summed E-state index contributed by atoms with van der Waals surface area (Å²) in [5.41, 5.74) is 9.11. The first-order valence-electron chi connectivity index (χ1n) is 22.7. The van der Waals surface area contributed by atoms with E-state index < -0.39 is 35.6 Å². The summed E-state index contributed by atoms with van der Waals surface area (Å²) in [6, 6.07) is 12.3. The van der Waals surface area contributed by atoms with Crippen LogP contribution in [-0.4, -0.2) is 94.0 Å². The van der Waals surface area contributed by atoms with E-state index in [0.717, 1.165) is 89.4 Å². The lowest BCUT2D eigenvalue weighted by molar-refractivity contribution is -0.152. The number of hydrogen-bond acceptors (Lipinski definition) is 12. The van der Waals surface area contributed by atoms with Gasteiger partial charge in [-0.1, -0.05) is 61.8 Å². The highest BCUT2D eigenvalue weighted by atomic mass is 16.5. The van der Waals surface area contributed by atoms with Gasteiger partial charge in [-0.15, -0.1) is 0 Å². The third-order valence-corrected chi connectivity index (χ3v) is 14.3. The molecule has 0 amide bonds. The Kier molecular flexibility index (Phi) is 14.3. The normalized spacial score (nSPS) is 31.9. The fourth-order valence-corrected chi connectivity index (χ4v) is 10.9. The molecule has 1 saturated carbocycles. The van der Waals surface area contributed by atoms with Gasteiger partial charge in [0.05, 0.1) is 30.8 Å². The highest BCUT2D eigenvalue weighted by Gasteiger charge is 2.42. The summed E-state index contributed by atoms with van der Waals surface area (Å²) in [5, 5.41) is 56.6. The SMILES string of the molecule is CC(=O)O[C@H]1C[C@@H](O)CC[C@@]2([C@H](C)O)C#C[C@@H]3CCC[C@]4(CNCCc5cccc(c5)CC5(CCCCC5)NC(N)=NC2)C[C@@H](CCN4)Oc2cc(c(CO)cc2O)C[C@H]31. The molecule has 0 unspecified atom stereocenters. The monoisotopic (exact) mass is 828 g/mol. The smallest absolute Gasteiger partial charge is 0.302 e. The number of fused-ring (bicyclic) bond motifs is 8. The van der Waals surface area contributed by atoms with Crippen molar-refractivity contribution in [2.24, 2.45) is 28.0 Å². The van der Waals surface area contributed by atoms with Crippen LogP contribution in [0.4, 0.5) is 0 Å². The Morgan fingerprint density at radius 3 is 2.63 bits per heavy atom. The third-order valence-electron chi connectivity index (χ3n) is 14.3. The van der Waals surface area contributed by atoms with Gasteiger partial charge in [-0.05, 0) is 119 Å². The van der Waals surface area contributed by atoms with Crippen molar-refractivity contribution >= 4 is 11.9 Å². The van der Waals surface area contributed by atoms with Crippen molar-refractivity contribution in [3.8, 4) is 23.3 Å². The number of rotatable bonds is 3. The lowest BCUT2D eigenvalue weighted by atomic mass is 9.72. The number of carbonyl (C=O) groups excluding carboxylic acids is 1. The van der Waals surface area contributed by atoms with E-state index in [1.165, 1.54) is 24.5 Å². The minimum absolute atomic E-state index is 0.0324. The van der Waals surface area contributed by atoms with E-state index in [1.54, 1.807) is 13.0 Å². The number of nitrogens with one attached hydrogen (secondary N) is 3. The molecular formula is C48H69N5O7. The van der Waals surface area contributed by atoms with Gasteiger partial charge in [0.25, 0.3) is 0 Å². The number of nitrogens with two attached hydrogens (primary N) is 1. The summed E-state index contributed by atoms with van der Waals surface area (Å²) in [6.45, 7) is 5.27. The van der Waals surface area contributed by atoms with E-state index in [2.05, 4.69) is 52.1 Å². The Balaban J connectivity index is 1.36. The maximum absolute atomic E-state index is 12.8. The minimum Gasteiger partial charge on any atom is -0.504 e. The molecule has 2 aliphatic carbocycles. The van der Waals surface area contributed by atoms with E-state index in [-0.39, 0.29) is 48.4 Å². The number of ether oxygens (including phenoxy) is 2. The summed E-state index contributed by atoms with van der Waals surface area (Å²) < 4.78 is 12.8. The molecule has 0 aromatic heterocycles. The molecule has 60 heavy (non-hydrogen) atoms. The molecule has 8 atom stereocenters. The van der Waals surface area contributed by atoms with Crippen LogP contribution in [0.15, 0.2) is 41.4 Å². The van der Waals surface area contributed by atoms with Crippen molar-refractivity contribution in [2.45, 2.75) is 159 Å². The van der Waals surface area contributed by atoms with Crippen molar-refractivity contribution < 1.29 is 34.7 Å². The molecule has 8 bridgehead atoms. The topological polar surface area (TPSA) is 191 Å². The number of hydrogen-bond donors (Lipinski definition) is 8. The van der Waals surface area contributed by atoms with E-state index in [1.807, 2.05) is 6.07 Å². The van der Waals surface area contributed by atoms with Gasteiger partial charge < -0.3 is 51.6 Å². The number of esters is 1. The van der Waals surface area contributed by atoms with E-state index in [4.69, 9.17) is 20.2 Å². The molecule has 2 spiro atoms. The van der Waals surface area contributed by atoms with Crippen LogP contribution in [0.25, 0.3) is 0 Å². The highest BCUT2D eigenvalue weighted by Crippen LogP contribution is 2.41. The van der Waals surface area contributed by atoms with Gasteiger partial charge in [0.15, 0.2) is 17.5 Å². The molecule has 0 radical (unpaired) electrons. The second-order valence-electron chi connectivity index (χ2n) is 18.8. The fraction of sp³-hybridized carbons (Fsp3) is 0.667. The molecule has 2 fully saturated rings. The van der Waals surface area contributed by atoms with Crippen LogP contribution in [0.5, 0.6) is 11.5 Å². The number of aliphatic hydroxyl groups excluding tert-OH is 3. The maximum atomic E-state index is 12.8. The first-order chi connectivity index (χ1) is 28.9. The largest absolute Gasteiger partial charge is 0.504 e. The van der Waals surface area contributed by atoms with Crippen molar-refractivity contribution in [3.05, 3.63) is 58.7 Å². The summed E-state index contributed by atoms with van der Waals surface area (Å²) >= 11 is 0. The highest BCUT2D eigenvalue weighted by molar-refractivity contribution is 5.79. The van der Waals surface area contributed by atoms with E-state index in [0.29, 0.717) is 43.0 Å². The minimum atomic E-state index is -1.01. The molecule has 7 rings (SSSR count). The number of phenolic OH excluding ortho intramolecular Hbond substituents is 1. The first-order valence-corrected chi connectivity index (χ1v) is 22.7. The van der Waals surface area contributed by atoms with Gasteiger partial charge in [0.2, 0.25) is 0 Å². The van der Waals surface area contributed by atoms with Crippen molar-refractivity contribution in [1.29, 1.82) is 0 Å². The van der Waals surface area contributed by atoms with Crippen LogP contribution in [-0.2, 0) is 35.4 Å². The quantitative estimate of drug-likeness (QED) is 0.160. The van der Waals surface area contributed by atoms with Gasteiger partial charge in [0.1, 0.15) is 12.2 Å². The molecule has 12 nitrogen and oxygen atoms in total. The summed E-state index contributed by atoms with van der Waals surface area (Å²) in [7, 11) is 0. The van der Waals surface area contributed by atoms with Crippen LogP contribution < -0.4 is 26.4 Å². The molecule has 3 heterocycles. The Morgan fingerprint density at radius 1 is 1.05 bits per heavy atom. The number of piperidine rings is 1. The van der Waals surface area contributed by atoms with Crippen LogP contribution in [0.2, 0.25) is 0 Å². The summed E-state index contributed by atoms with van der Waals surface area (Å²) in [5.74, 6) is 6.74. The number of guanidine groups is 1. The summed E-state index contributed by atoms with van der Waals surface area (Å²) in [6.07, 6.45) is 9.48. The van der Waals surface area contributed by atoms with Crippen LogP contribution in [0.3, 0.4) is 0 Å². The number of nitrogens with zero attached hydrogens (tertiary/aromatic N) is 1. The molecule has 12 heteroatoms. The van der Waals surface area contributed by atoms with Gasteiger partial charge in [0, 0.05) is 49.2 Å². The zero-order valence-electron chi connectivity index (χ0n) is 35.8. The Hall–Kier alpha value is -3.86. The molecule has 5 aliphatic rings. The van der Waals surface area contributed by atoms with Crippen LogP contribution in [0, 0.1) is 29.1 Å². The Labute approximate surface area is 356 Å². The van der Waals surface area contributed by atoms with Gasteiger partial charge in [-0.3, -0.25) is 9.79 Å². The molecule has 9 N–H and O–H groups in total. The first kappa shape index (κ1) is 44.2. The average Bonchev–Trinajstić information content (AvgIpc) is 3.21. The third kappa shape index (κ3) is 10.8. The predicted octanol–water partition coefficient (Wildman–Crippen LogP) is 4.56. The van der Waals surface area contributed by atoms with Crippen LogP contribution in [0.1, 0.15) is 120 Å². The molecular weight excluding hydrogens is 759 g/mol. The number of aromatic hydroxyl groups is 1. The van der Waals surface area contributed by atoms with Crippen molar-refractivity contribution in [2.75, 3.05) is 26.2 Å². The molecule has 2 aromatic carbocycles. The second-order valence-corrected chi connectivity index (χ2v) is 18.8. The van der Waals surface area contributed by atoms with Crippen molar-refractivity contribution in [3.63, 3.8) is 0 Å². The number of benzene rings is 2. The number of aliphatic hydroxyl groups is 3. The number of phenols is 1. The van der Waals surface area contributed by atoms with Crippen LogP contribution >= 0.6 is 0 Å². The molecule has 1 saturated heterocycles. The maximum Gasteiger partial charge on any atom is 0.302 e. The second kappa shape index (κ2) is 19.5. The lowest BCUT2D eigenvalue weighted by Crippen LogP contribution is -2.59. The number of aliphatic imine (C=N–C) groups is 1. The van der Waals surface area contributed by atoms with E-state index >= 15 is 0 Å². The summed E-state index contributed by atoms with van der Waals surface area (Å²) in [4.78, 5) is 17.8. The predicted molar refractivity (Wildman–Crippen MR) is 232 cm³/mol. The van der Waals surface area contributed by atoms with Crippen molar-refractivity contribution in [1.82, 2.24) is 16.0 Å². The number of carbonyl (C=O) groups is 1. The van der Waals surface area contributed by atoms with Gasteiger partial charge in [-0.25, -0.2) is 0 Å². The molecule has 3 aliphatic heterocycles. The molecule has 2 aromatic rings.